The van der Waals surface area contributed by atoms with Gasteiger partial charge in [-0.15, -0.1) is 0 Å². The second-order valence-corrected chi connectivity index (χ2v) is 10.4. The van der Waals surface area contributed by atoms with Gasteiger partial charge in [0.05, 0.1) is 10.5 Å². The fourth-order valence-corrected chi connectivity index (χ4v) is 6.28. The van der Waals surface area contributed by atoms with Gasteiger partial charge in [-0.25, -0.2) is 8.42 Å². The normalized spacial score (nSPS) is 17.0. The van der Waals surface area contributed by atoms with Crippen LogP contribution in [-0.2, 0) is 27.7 Å². The fraction of sp³-hybridized carbons (Fsp3) is 0.333. The van der Waals surface area contributed by atoms with E-state index in [2.05, 4.69) is 4.98 Å². The third-order valence-electron chi connectivity index (χ3n) is 6.55. The minimum absolute atomic E-state index is 0.172. The van der Waals surface area contributed by atoms with E-state index in [0.29, 0.717) is 16.2 Å². The van der Waals surface area contributed by atoms with Crippen LogP contribution >= 0.6 is 0 Å². The van der Waals surface area contributed by atoms with Gasteiger partial charge in [0.1, 0.15) is 0 Å². The lowest BCUT2D eigenvalue weighted by Crippen LogP contribution is -2.52. The Labute approximate surface area is 187 Å². The summed E-state index contributed by atoms with van der Waals surface area (Å²) in [6, 6.07) is 12.8. The Balaban J connectivity index is 1.30. The first-order valence-electron chi connectivity index (χ1n) is 10.9. The van der Waals surface area contributed by atoms with Crippen LogP contribution in [0.2, 0.25) is 0 Å². The number of hydrogen-bond donors (Lipinski definition) is 1. The van der Waals surface area contributed by atoms with Crippen LogP contribution < -0.4 is 0 Å². The topological polar surface area (TPSA) is 90.6 Å². The standard InChI is InChI=1S/C24H25N3O4S/c1-16-22(20-7-2-3-8-21(20)25-16)23(28)24(29)26-11-13-27(14-12-26)32(30,31)19-10-9-17-5-4-6-18(17)15-19/h2-3,7-10,15,25H,4-6,11-14H2,1H3. The Hall–Kier alpha value is -2.97. The first-order valence-corrected chi connectivity index (χ1v) is 12.3. The van der Waals surface area contributed by atoms with E-state index in [-0.39, 0.29) is 26.2 Å². The first kappa shape index (κ1) is 20.9. The molecule has 7 nitrogen and oxygen atoms in total. The number of nitrogens with one attached hydrogen (secondary N) is 1. The Morgan fingerprint density at radius 3 is 2.44 bits per heavy atom. The van der Waals surface area contributed by atoms with Crippen LogP contribution in [-0.4, -0.2) is 60.5 Å². The molecular formula is C24H25N3O4S. The van der Waals surface area contributed by atoms with Crippen molar-refractivity contribution >= 4 is 32.6 Å². The summed E-state index contributed by atoms with van der Waals surface area (Å²) in [5.41, 5.74) is 4.19. The van der Waals surface area contributed by atoms with Crippen LogP contribution in [0.3, 0.4) is 0 Å². The number of piperazine rings is 1. The number of benzene rings is 2. The maximum absolute atomic E-state index is 13.1. The number of nitrogens with zero attached hydrogens (tertiary/aromatic N) is 2. The van der Waals surface area contributed by atoms with Gasteiger partial charge in [-0.1, -0.05) is 24.3 Å². The highest BCUT2D eigenvalue weighted by molar-refractivity contribution is 7.89. The van der Waals surface area contributed by atoms with Gasteiger partial charge in [0.25, 0.3) is 11.7 Å². The number of aromatic amines is 1. The summed E-state index contributed by atoms with van der Waals surface area (Å²) in [6.07, 6.45) is 2.97. The van der Waals surface area contributed by atoms with Crippen LogP contribution in [0.1, 0.15) is 33.6 Å². The van der Waals surface area contributed by atoms with Crippen molar-refractivity contribution in [1.82, 2.24) is 14.2 Å². The second-order valence-electron chi connectivity index (χ2n) is 8.48. The molecular weight excluding hydrogens is 426 g/mol. The molecule has 2 aliphatic rings. The first-order chi connectivity index (χ1) is 15.4. The van der Waals surface area contributed by atoms with Crippen LogP contribution in [0.5, 0.6) is 0 Å². The van der Waals surface area contributed by atoms with Crippen molar-refractivity contribution in [1.29, 1.82) is 0 Å². The lowest BCUT2D eigenvalue weighted by molar-refractivity contribution is -0.127. The lowest BCUT2D eigenvalue weighted by Gasteiger charge is -2.33. The van der Waals surface area contributed by atoms with Crippen LogP contribution in [0.25, 0.3) is 10.9 Å². The number of carbonyl (C=O) groups excluding carboxylic acids is 2. The Kier molecular flexibility index (Phi) is 5.14. The van der Waals surface area contributed by atoms with Gasteiger partial charge in [0, 0.05) is 42.8 Å². The fourth-order valence-electron chi connectivity index (χ4n) is 4.81. The molecule has 1 N–H and O–H groups in total. The number of aryl methyl sites for hydroxylation is 3. The average Bonchev–Trinajstić information content (AvgIpc) is 3.41. The molecule has 1 aromatic heterocycles. The quantitative estimate of drug-likeness (QED) is 0.488. The highest BCUT2D eigenvalue weighted by Gasteiger charge is 2.34. The molecule has 1 aliphatic heterocycles. The van der Waals surface area contributed by atoms with Gasteiger partial charge in [0.15, 0.2) is 0 Å². The molecule has 1 aliphatic carbocycles. The van der Waals surface area contributed by atoms with E-state index in [1.54, 1.807) is 19.1 Å². The molecule has 1 fully saturated rings. The zero-order valence-corrected chi connectivity index (χ0v) is 18.7. The van der Waals surface area contributed by atoms with Crippen molar-refractivity contribution < 1.29 is 18.0 Å². The number of sulfonamides is 1. The SMILES string of the molecule is Cc1[nH]c2ccccc2c1C(=O)C(=O)N1CCN(S(=O)(=O)c2ccc3c(c2)CCC3)CC1. The Bertz CT molecular complexity index is 1330. The van der Waals surface area contributed by atoms with Crippen molar-refractivity contribution in [2.75, 3.05) is 26.2 Å². The van der Waals surface area contributed by atoms with Crippen molar-refractivity contribution in [3.05, 3.63) is 64.8 Å². The van der Waals surface area contributed by atoms with E-state index in [4.69, 9.17) is 0 Å². The van der Waals surface area contributed by atoms with Gasteiger partial charge in [-0.2, -0.15) is 4.31 Å². The zero-order valence-electron chi connectivity index (χ0n) is 17.9. The van der Waals surface area contributed by atoms with Crippen LogP contribution in [0.15, 0.2) is 47.4 Å². The number of hydrogen-bond acceptors (Lipinski definition) is 4. The van der Waals surface area contributed by atoms with Crippen molar-refractivity contribution in [2.45, 2.75) is 31.1 Å². The minimum Gasteiger partial charge on any atom is -0.358 e. The summed E-state index contributed by atoms with van der Waals surface area (Å²) in [5, 5.41) is 0.723. The number of Topliss-reactive ketones (excluding diaryl/α,β-unsaturated/α-hetero) is 1. The van der Waals surface area contributed by atoms with E-state index in [0.717, 1.165) is 35.7 Å². The molecule has 32 heavy (non-hydrogen) atoms. The number of para-hydroxylation sites is 1. The Morgan fingerprint density at radius 2 is 1.66 bits per heavy atom. The molecule has 0 saturated carbocycles. The van der Waals surface area contributed by atoms with Gasteiger partial charge >= 0.3 is 0 Å². The number of aromatic nitrogens is 1. The number of rotatable bonds is 4. The number of amides is 1. The molecule has 5 rings (SSSR count). The second kappa shape index (κ2) is 7.86. The van der Waals surface area contributed by atoms with E-state index >= 15 is 0 Å². The molecule has 1 amide bonds. The number of fused-ring (bicyclic) bond motifs is 2. The predicted octanol–water partition coefficient (Wildman–Crippen LogP) is 2.68. The molecule has 0 unspecified atom stereocenters. The van der Waals surface area contributed by atoms with E-state index in [1.807, 2.05) is 30.3 Å². The van der Waals surface area contributed by atoms with Gasteiger partial charge < -0.3 is 9.88 Å². The van der Waals surface area contributed by atoms with Gasteiger partial charge in [-0.3, -0.25) is 9.59 Å². The molecule has 1 saturated heterocycles. The molecule has 3 aromatic rings. The summed E-state index contributed by atoms with van der Waals surface area (Å²) in [7, 11) is -3.63. The summed E-state index contributed by atoms with van der Waals surface area (Å²) in [5.74, 6) is -1.15. The van der Waals surface area contributed by atoms with Crippen molar-refractivity contribution in [3.8, 4) is 0 Å². The lowest BCUT2D eigenvalue weighted by atomic mass is 10.1. The highest BCUT2D eigenvalue weighted by atomic mass is 32.2. The van der Waals surface area contributed by atoms with E-state index in [1.165, 1.54) is 14.8 Å². The minimum atomic E-state index is -3.63. The van der Waals surface area contributed by atoms with Crippen LogP contribution in [0, 0.1) is 6.92 Å². The average molecular weight is 452 g/mol. The zero-order chi connectivity index (χ0) is 22.5. The molecule has 8 heteroatoms. The number of carbonyl (C=O) groups is 2. The molecule has 2 aromatic carbocycles. The van der Waals surface area contributed by atoms with Gasteiger partial charge in [-0.05, 0) is 55.5 Å². The summed E-state index contributed by atoms with van der Waals surface area (Å²) in [4.78, 5) is 30.9. The number of H-pyrrole nitrogens is 1. The van der Waals surface area contributed by atoms with E-state index in [9.17, 15) is 18.0 Å². The van der Waals surface area contributed by atoms with Crippen molar-refractivity contribution in [3.63, 3.8) is 0 Å². The highest BCUT2D eigenvalue weighted by Crippen LogP contribution is 2.27. The van der Waals surface area contributed by atoms with E-state index < -0.39 is 21.7 Å². The smallest absolute Gasteiger partial charge is 0.295 e. The van der Waals surface area contributed by atoms with Crippen molar-refractivity contribution in [2.24, 2.45) is 0 Å². The van der Waals surface area contributed by atoms with Gasteiger partial charge in [0.2, 0.25) is 10.0 Å². The molecule has 0 spiro atoms. The molecule has 2 heterocycles. The molecule has 0 bridgehead atoms. The predicted molar refractivity (Wildman–Crippen MR) is 121 cm³/mol. The summed E-state index contributed by atoms with van der Waals surface area (Å²) >= 11 is 0. The third kappa shape index (κ3) is 3.43. The van der Waals surface area contributed by atoms with Crippen LogP contribution in [0.4, 0.5) is 0 Å². The Morgan fingerprint density at radius 1 is 0.938 bits per heavy atom. The molecule has 166 valence electrons. The summed E-state index contributed by atoms with van der Waals surface area (Å²) < 4.78 is 27.7. The monoisotopic (exact) mass is 451 g/mol. The largest absolute Gasteiger partial charge is 0.358 e. The number of ketones is 1. The maximum Gasteiger partial charge on any atom is 0.295 e. The molecule has 0 atom stereocenters. The summed E-state index contributed by atoms with van der Waals surface area (Å²) in [6.45, 7) is 2.50. The molecule has 0 radical (unpaired) electrons. The maximum atomic E-state index is 13.1. The third-order valence-corrected chi connectivity index (χ3v) is 8.44.